The van der Waals surface area contributed by atoms with E-state index in [4.69, 9.17) is 14.2 Å². The second-order valence-corrected chi connectivity index (χ2v) is 14.5. The first-order chi connectivity index (χ1) is 33.2. The average Bonchev–Trinajstić information content (AvgIpc) is 4.31. The molecular formula is C59H83N3O4S. The van der Waals surface area contributed by atoms with E-state index in [9.17, 15) is 4.79 Å². The van der Waals surface area contributed by atoms with E-state index >= 15 is 0 Å². The predicted molar refractivity (Wildman–Crippen MR) is 288 cm³/mol. The van der Waals surface area contributed by atoms with E-state index in [1.54, 1.807) is 12.4 Å². The van der Waals surface area contributed by atoms with Crippen molar-refractivity contribution < 1.29 is 19.0 Å². The van der Waals surface area contributed by atoms with Gasteiger partial charge in [-0.3, -0.25) is 9.78 Å². The molecule has 6 aliphatic heterocycles. The van der Waals surface area contributed by atoms with Crippen molar-refractivity contribution in [3.8, 4) is 17.2 Å². The van der Waals surface area contributed by atoms with Gasteiger partial charge in [0.25, 0.3) is 5.91 Å². The number of rotatable bonds is 0. The first-order valence-electron chi connectivity index (χ1n) is 25.0. The standard InChI is InChI=1S/C8H7NO.C8H9N.2C8H8O.C8H8S.C7H7NO.6C2H6/c10-8-7-4-2-1-3-6(7)5-9-8;1-2-4-8-6-9-5-7(8)3-1;3*1-2-4-8-7(3-1)5-6-9-8;1-3-8-5-7-6(1)2-4-9-7;6*1-2/h1-4H,5H2,(H,9,10);1-4,9H,5-6H2;3*1-4H,5-6H2;1,3,5H,2,4H2;6*1-2H3. The van der Waals surface area contributed by atoms with E-state index in [-0.39, 0.29) is 5.91 Å². The Labute approximate surface area is 410 Å². The molecule has 0 atom stereocenters. The lowest BCUT2D eigenvalue weighted by Crippen LogP contribution is -2.12. The smallest absolute Gasteiger partial charge is 0.251 e. The van der Waals surface area contributed by atoms with Gasteiger partial charge in [0, 0.05) is 66.9 Å². The molecule has 0 radical (unpaired) electrons. The summed E-state index contributed by atoms with van der Waals surface area (Å²) < 4.78 is 15.8. The molecular weight excluding hydrogens is 847 g/mol. The Kier molecular flexibility index (Phi) is 34.2. The number of pyridine rings is 1. The number of nitrogens with one attached hydrogen (secondary N) is 2. The summed E-state index contributed by atoms with van der Waals surface area (Å²) in [6.45, 7) is 29.3. The number of nitrogens with zero attached hydrogens (tertiary/aromatic N) is 1. The zero-order valence-electron chi connectivity index (χ0n) is 43.0. The molecule has 0 fully saturated rings. The molecule has 6 aliphatic rings. The number of thioether (sulfide) groups is 1. The number of benzene rings is 5. The summed E-state index contributed by atoms with van der Waals surface area (Å²) in [6, 6.07) is 43.2. The summed E-state index contributed by atoms with van der Waals surface area (Å²) in [5.41, 5.74) is 10.3. The maximum absolute atomic E-state index is 11.0. The lowest BCUT2D eigenvalue weighted by molar-refractivity contribution is 0.0965. The van der Waals surface area contributed by atoms with Crippen molar-refractivity contribution in [2.45, 2.75) is 133 Å². The number of hydrogen-bond acceptors (Lipinski definition) is 7. The van der Waals surface area contributed by atoms with Crippen molar-refractivity contribution in [2.24, 2.45) is 0 Å². The molecule has 6 aromatic rings. The molecule has 1 aromatic heterocycles. The van der Waals surface area contributed by atoms with Crippen LogP contribution in [0.1, 0.15) is 132 Å². The summed E-state index contributed by atoms with van der Waals surface area (Å²) in [4.78, 5) is 16.4. The third-order valence-electron chi connectivity index (χ3n) is 9.75. The minimum Gasteiger partial charge on any atom is -0.493 e. The molecule has 1 amide bonds. The van der Waals surface area contributed by atoms with E-state index < -0.39 is 0 Å². The number of aryl methyl sites for hydroxylation is 1. The molecule has 364 valence electrons. The highest BCUT2D eigenvalue weighted by Crippen LogP contribution is 2.30. The van der Waals surface area contributed by atoms with Crippen LogP contribution in [0.3, 0.4) is 0 Å². The van der Waals surface area contributed by atoms with E-state index in [0.29, 0.717) is 6.54 Å². The van der Waals surface area contributed by atoms with E-state index in [1.165, 1.54) is 50.4 Å². The molecule has 2 N–H and O–H groups in total. The van der Waals surface area contributed by atoms with Gasteiger partial charge in [0.2, 0.25) is 0 Å². The zero-order valence-corrected chi connectivity index (χ0v) is 43.9. The van der Waals surface area contributed by atoms with E-state index in [1.807, 2.05) is 162 Å². The van der Waals surface area contributed by atoms with Crippen LogP contribution in [-0.2, 0) is 45.3 Å². The van der Waals surface area contributed by atoms with E-state index in [2.05, 4.69) is 76.3 Å². The van der Waals surface area contributed by atoms with Gasteiger partial charge in [-0.05, 0) is 70.1 Å². The van der Waals surface area contributed by atoms with Crippen LogP contribution >= 0.6 is 11.8 Å². The van der Waals surface area contributed by atoms with Crippen LogP contribution in [0.4, 0.5) is 0 Å². The highest BCUT2D eigenvalue weighted by atomic mass is 32.2. The fraction of sp³-hybridized carbons (Fsp3) is 0.390. The Balaban J connectivity index is 0.000000384. The summed E-state index contributed by atoms with van der Waals surface area (Å²) >= 11 is 1.97. The Morgan fingerprint density at radius 1 is 0.433 bits per heavy atom. The summed E-state index contributed by atoms with van der Waals surface area (Å²) in [7, 11) is 0. The van der Waals surface area contributed by atoms with Gasteiger partial charge in [0.1, 0.15) is 17.2 Å². The van der Waals surface area contributed by atoms with Gasteiger partial charge in [0.15, 0.2) is 0 Å². The van der Waals surface area contributed by atoms with Gasteiger partial charge in [0.05, 0.1) is 26.0 Å². The second kappa shape index (κ2) is 38.5. The van der Waals surface area contributed by atoms with Gasteiger partial charge in [-0.15, -0.1) is 11.8 Å². The highest BCUT2D eigenvalue weighted by Gasteiger charge is 2.16. The Hall–Kier alpha value is -5.57. The molecule has 0 spiro atoms. The van der Waals surface area contributed by atoms with Crippen LogP contribution in [0.2, 0.25) is 0 Å². The molecule has 0 unspecified atom stereocenters. The summed E-state index contributed by atoms with van der Waals surface area (Å²) in [5, 5.41) is 6.03. The maximum Gasteiger partial charge on any atom is 0.251 e. The van der Waals surface area contributed by atoms with Gasteiger partial charge in [-0.1, -0.05) is 180 Å². The molecule has 12 rings (SSSR count). The van der Waals surface area contributed by atoms with Gasteiger partial charge in [-0.2, -0.15) is 0 Å². The SMILES string of the molecule is CC.CC.CC.CC.CC.CC.O=C1NCc2ccccc21.c1cc2c(cn1)OCC2.c1ccc2c(c1)CCO2.c1ccc2c(c1)CCO2.c1ccc2c(c1)CCS2.c1ccc2c(c1)CNC2. The molecule has 0 aliphatic carbocycles. The molecule has 0 saturated heterocycles. The van der Waals surface area contributed by atoms with E-state index in [0.717, 1.165) is 80.5 Å². The van der Waals surface area contributed by atoms with Crippen LogP contribution < -0.4 is 24.8 Å². The zero-order chi connectivity index (χ0) is 49.5. The van der Waals surface area contributed by atoms with Gasteiger partial charge in [-0.25, -0.2) is 0 Å². The van der Waals surface area contributed by atoms with Crippen molar-refractivity contribution in [3.05, 3.63) is 184 Å². The van der Waals surface area contributed by atoms with Crippen LogP contribution in [-0.4, -0.2) is 36.5 Å². The molecule has 7 heterocycles. The van der Waals surface area contributed by atoms with Crippen molar-refractivity contribution in [3.63, 3.8) is 0 Å². The third kappa shape index (κ3) is 20.9. The molecule has 67 heavy (non-hydrogen) atoms. The molecule has 5 aromatic carbocycles. The molecule has 7 nitrogen and oxygen atoms in total. The largest absolute Gasteiger partial charge is 0.493 e. The highest BCUT2D eigenvalue weighted by molar-refractivity contribution is 7.99. The monoisotopic (exact) mass is 930 g/mol. The minimum absolute atomic E-state index is 0.0515. The number of hydrogen-bond donors (Lipinski definition) is 2. The van der Waals surface area contributed by atoms with Gasteiger partial charge < -0.3 is 24.8 Å². The lowest BCUT2D eigenvalue weighted by Gasteiger charge is -1.93. The topological polar surface area (TPSA) is 81.7 Å². The summed E-state index contributed by atoms with van der Waals surface area (Å²) in [6.07, 6.45) is 8.03. The average molecular weight is 930 g/mol. The van der Waals surface area contributed by atoms with Crippen LogP contribution in [0, 0.1) is 0 Å². The lowest BCUT2D eigenvalue weighted by atomic mass is 10.1. The first kappa shape index (κ1) is 59.4. The molecule has 8 heteroatoms. The Morgan fingerprint density at radius 3 is 1.33 bits per heavy atom. The number of carbonyl (C=O) groups is 1. The van der Waals surface area contributed by atoms with Crippen molar-refractivity contribution in [1.82, 2.24) is 15.6 Å². The number of fused-ring (bicyclic) bond motifs is 6. The normalized spacial score (nSPS) is 12.8. The third-order valence-corrected chi connectivity index (χ3v) is 10.9. The molecule has 0 saturated carbocycles. The van der Waals surface area contributed by atoms with Crippen LogP contribution in [0.5, 0.6) is 17.2 Å². The predicted octanol–water partition coefficient (Wildman–Crippen LogP) is 15.0. The van der Waals surface area contributed by atoms with Crippen molar-refractivity contribution >= 4 is 17.7 Å². The second-order valence-electron chi connectivity index (χ2n) is 13.4. The molecule has 0 bridgehead atoms. The fourth-order valence-electron chi connectivity index (χ4n) is 6.78. The number of carbonyl (C=O) groups excluding carboxylic acids is 1. The number of aromatic nitrogens is 1. The Morgan fingerprint density at radius 2 is 0.851 bits per heavy atom. The Bertz CT molecular complexity index is 1770. The number of ether oxygens (including phenoxy) is 3. The number of para-hydroxylation sites is 2. The van der Waals surface area contributed by atoms with Crippen molar-refractivity contribution in [1.29, 1.82) is 0 Å². The summed E-state index contributed by atoms with van der Waals surface area (Å²) in [5.74, 6) is 4.42. The van der Waals surface area contributed by atoms with Crippen molar-refractivity contribution in [2.75, 3.05) is 25.6 Å². The fourth-order valence-corrected chi connectivity index (χ4v) is 7.86. The minimum atomic E-state index is 0.0515. The number of amides is 1. The quantitative estimate of drug-likeness (QED) is 0.157. The van der Waals surface area contributed by atoms with Gasteiger partial charge >= 0.3 is 0 Å². The maximum atomic E-state index is 11.0. The first-order valence-corrected chi connectivity index (χ1v) is 26.0. The van der Waals surface area contributed by atoms with Crippen LogP contribution in [0.15, 0.2) is 145 Å². The van der Waals surface area contributed by atoms with Crippen LogP contribution in [0.25, 0.3) is 0 Å².